The van der Waals surface area contributed by atoms with E-state index in [1.54, 1.807) is 7.11 Å². The molecule has 0 radical (unpaired) electrons. The van der Waals surface area contributed by atoms with Crippen molar-refractivity contribution in [1.29, 1.82) is 0 Å². The highest BCUT2D eigenvalue weighted by Gasteiger charge is 2.15. The van der Waals surface area contributed by atoms with Gasteiger partial charge >= 0.3 is 0 Å². The van der Waals surface area contributed by atoms with Crippen LogP contribution in [0.2, 0.25) is 0 Å². The molecule has 78 valence electrons. The van der Waals surface area contributed by atoms with Gasteiger partial charge in [0.15, 0.2) is 0 Å². The molecule has 0 aromatic heterocycles. The first kappa shape index (κ1) is 9.77. The zero-order chi connectivity index (χ0) is 10.8. The number of amides is 1. The van der Waals surface area contributed by atoms with E-state index in [9.17, 15) is 4.79 Å². The van der Waals surface area contributed by atoms with Crippen LogP contribution in [0, 0.1) is 0 Å². The predicted molar refractivity (Wildman–Crippen MR) is 58.5 cm³/mol. The monoisotopic (exact) mass is 203 g/mol. The van der Waals surface area contributed by atoms with Crippen molar-refractivity contribution >= 4 is 11.6 Å². The molecule has 1 aliphatic rings. The van der Waals surface area contributed by atoms with Gasteiger partial charge in [0.05, 0.1) is 7.11 Å². The Morgan fingerprint density at radius 1 is 1.47 bits per heavy atom. The fourth-order valence-electron chi connectivity index (χ4n) is 1.74. The summed E-state index contributed by atoms with van der Waals surface area (Å²) in [6.45, 7) is 1.51. The van der Waals surface area contributed by atoms with Crippen molar-refractivity contribution < 1.29 is 9.53 Å². The van der Waals surface area contributed by atoms with Crippen molar-refractivity contribution in [2.75, 3.05) is 7.11 Å². The minimum atomic E-state index is -0.0445. The van der Waals surface area contributed by atoms with Crippen LogP contribution < -0.4 is 10.1 Å². The van der Waals surface area contributed by atoms with Gasteiger partial charge < -0.3 is 10.1 Å². The highest BCUT2D eigenvalue weighted by Crippen LogP contribution is 2.28. The quantitative estimate of drug-likeness (QED) is 0.795. The minimum absolute atomic E-state index is 0.0445. The molecule has 0 fully saturated rings. The molecule has 0 bridgehead atoms. The van der Waals surface area contributed by atoms with Gasteiger partial charge in [-0.1, -0.05) is 12.1 Å². The third-order valence-corrected chi connectivity index (χ3v) is 2.44. The molecule has 1 aliphatic carbocycles. The summed E-state index contributed by atoms with van der Waals surface area (Å²) in [5, 5.41) is 2.82. The van der Waals surface area contributed by atoms with Gasteiger partial charge in [-0.05, 0) is 24.1 Å². The lowest BCUT2D eigenvalue weighted by molar-refractivity contribution is -0.117. The van der Waals surface area contributed by atoms with Crippen LogP contribution in [0.25, 0.3) is 5.70 Å². The highest BCUT2D eigenvalue weighted by molar-refractivity contribution is 5.87. The molecule has 0 saturated carbocycles. The van der Waals surface area contributed by atoms with E-state index < -0.39 is 0 Å². The first-order valence-electron chi connectivity index (χ1n) is 4.86. The first-order valence-corrected chi connectivity index (χ1v) is 4.86. The summed E-state index contributed by atoms with van der Waals surface area (Å²) in [7, 11) is 1.64. The number of benzene rings is 1. The minimum Gasteiger partial charge on any atom is -0.497 e. The van der Waals surface area contributed by atoms with E-state index in [-0.39, 0.29) is 5.91 Å². The molecular weight excluding hydrogens is 190 g/mol. The van der Waals surface area contributed by atoms with Crippen LogP contribution in [0.15, 0.2) is 24.3 Å². The molecule has 1 amide bonds. The fraction of sp³-hybridized carbons (Fsp3) is 0.250. The summed E-state index contributed by atoms with van der Waals surface area (Å²) in [6, 6.07) is 5.91. The Morgan fingerprint density at radius 2 is 2.27 bits per heavy atom. The third-order valence-electron chi connectivity index (χ3n) is 2.44. The summed E-state index contributed by atoms with van der Waals surface area (Å²) in [6.07, 6.45) is 2.89. The molecule has 1 aromatic carbocycles. The van der Waals surface area contributed by atoms with Crippen molar-refractivity contribution in [3.63, 3.8) is 0 Å². The molecule has 2 rings (SSSR count). The van der Waals surface area contributed by atoms with Crippen LogP contribution in [0.3, 0.4) is 0 Å². The van der Waals surface area contributed by atoms with Crippen LogP contribution in [-0.2, 0) is 11.2 Å². The number of methoxy groups -OCH3 is 1. The molecule has 15 heavy (non-hydrogen) atoms. The number of nitrogens with one attached hydrogen (secondary N) is 1. The number of allylic oxidation sites excluding steroid dienone is 1. The van der Waals surface area contributed by atoms with Gasteiger partial charge in [0.2, 0.25) is 5.91 Å². The molecular formula is C12H13NO2. The summed E-state index contributed by atoms with van der Waals surface area (Å²) >= 11 is 0. The fourth-order valence-corrected chi connectivity index (χ4v) is 1.74. The Hall–Kier alpha value is -1.77. The average Bonchev–Trinajstić information content (AvgIpc) is 2.60. The number of hydrogen-bond acceptors (Lipinski definition) is 2. The first-order chi connectivity index (χ1) is 7.20. The topological polar surface area (TPSA) is 38.3 Å². The second kappa shape index (κ2) is 3.77. The van der Waals surface area contributed by atoms with Crippen molar-refractivity contribution in [2.45, 2.75) is 13.3 Å². The number of hydrogen-bond donors (Lipinski definition) is 1. The van der Waals surface area contributed by atoms with Crippen LogP contribution >= 0.6 is 0 Å². The Morgan fingerprint density at radius 3 is 2.93 bits per heavy atom. The van der Waals surface area contributed by atoms with Crippen molar-refractivity contribution in [3.8, 4) is 5.75 Å². The molecule has 3 nitrogen and oxygen atoms in total. The Balaban J connectivity index is 2.33. The number of carbonyl (C=O) groups excluding carboxylic acids is 1. The molecule has 0 atom stereocenters. The Kier molecular flexibility index (Phi) is 2.46. The number of fused-ring (bicyclic) bond motifs is 1. The van der Waals surface area contributed by atoms with Crippen molar-refractivity contribution in [3.05, 3.63) is 35.4 Å². The second-order valence-electron chi connectivity index (χ2n) is 3.53. The lowest BCUT2D eigenvalue weighted by atomic mass is 10.1. The van der Waals surface area contributed by atoms with E-state index in [1.807, 2.05) is 24.3 Å². The molecule has 3 heteroatoms. The molecule has 1 aromatic rings. The van der Waals surface area contributed by atoms with Gasteiger partial charge in [0.1, 0.15) is 5.75 Å². The third kappa shape index (κ3) is 1.86. The van der Waals surface area contributed by atoms with Gasteiger partial charge in [-0.15, -0.1) is 0 Å². The lowest BCUT2D eigenvalue weighted by Gasteiger charge is -2.08. The molecule has 0 spiro atoms. The highest BCUT2D eigenvalue weighted by atomic mass is 16.5. The van der Waals surface area contributed by atoms with Crippen LogP contribution in [0.5, 0.6) is 5.75 Å². The molecule has 0 unspecified atom stereocenters. The van der Waals surface area contributed by atoms with Gasteiger partial charge in [-0.3, -0.25) is 4.79 Å². The van der Waals surface area contributed by atoms with Crippen LogP contribution in [-0.4, -0.2) is 13.0 Å². The molecule has 0 heterocycles. The largest absolute Gasteiger partial charge is 0.497 e. The second-order valence-corrected chi connectivity index (χ2v) is 3.53. The van der Waals surface area contributed by atoms with E-state index >= 15 is 0 Å². The lowest BCUT2D eigenvalue weighted by Crippen LogP contribution is -2.17. The smallest absolute Gasteiger partial charge is 0.221 e. The summed E-state index contributed by atoms with van der Waals surface area (Å²) in [4.78, 5) is 11.0. The maximum Gasteiger partial charge on any atom is 0.221 e. The molecule has 1 N–H and O–H groups in total. The molecule has 0 saturated heterocycles. The number of rotatable bonds is 2. The van der Waals surface area contributed by atoms with E-state index in [0.717, 1.165) is 23.4 Å². The van der Waals surface area contributed by atoms with E-state index in [2.05, 4.69) is 5.32 Å². The Labute approximate surface area is 88.8 Å². The number of carbonyl (C=O) groups is 1. The zero-order valence-electron chi connectivity index (χ0n) is 8.83. The predicted octanol–water partition coefficient (Wildman–Crippen LogP) is 1.73. The van der Waals surface area contributed by atoms with Crippen LogP contribution in [0.4, 0.5) is 0 Å². The van der Waals surface area contributed by atoms with Gasteiger partial charge in [0, 0.05) is 18.2 Å². The van der Waals surface area contributed by atoms with Crippen molar-refractivity contribution in [2.24, 2.45) is 0 Å². The average molecular weight is 203 g/mol. The van der Waals surface area contributed by atoms with Gasteiger partial charge in [-0.2, -0.15) is 0 Å². The summed E-state index contributed by atoms with van der Waals surface area (Å²) < 4.78 is 5.15. The standard InChI is InChI=1S/C12H13NO2/c1-8(14)13-12-6-4-9-3-5-10(15-2)7-11(9)12/h3,5-7H,4H2,1-2H3,(H,13,14). The van der Waals surface area contributed by atoms with E-state index in [4.69, 9.17) is 4.74 Å². The number of ether oxygens (including phenoxy) is 1. The summed E-state index contributed by atoms with van der Waals surface area (Å²) in [5.74, 6) is 0.767. The van der Waals surface area contributed by atoms with E-state index in [1.165, 1.54) is 12.5 Å². The van der Waals surface area contributed by atoms with E-state index in [0.29, 0.717) is 0 Å². The SMILES string of the molecule is COc1ccc2c(c1)C(NC(C)=O)=CC2. The van der Waals surface area contributed by atoms with Gasteiger partial charge in [-0.25, -0.2) is 0 Å². The Bertz CT molecular complexity index is 435. The normalized spacial score (nSPS) is 13.1. The summed E-state index contributed by atoms with van der Waals surface area (Å²) in [5.41, 5.74) is 3.17. The maximum atomic E-state index is 11.0. The van der Waals surface area contributed by atoms with Gasteiger partial charge in [0.25, 0.3) is 0 Å². The molecule has 0 aliphatic heterocycles. The van der Waals surface area contributed by atoms with Crippen LogP contribution in [0.1, 0.15) is 18.1 Å². The maximum absolute atomic E-state index is 11.0. The van der Waals surface area contributed by atoms with Crippen molar-refractivity contribution in [1.82, 2.24) is 5.32 Å². The zero-order valence-corrected chi connectivity index (χ0v) is 8.83.